The minimum absolute atomic E-state index is 0.122. The lowest BCUT2D eigenvalue weighted by molar-refractivity contribution is -0.136. The van der Waals surface area contributed by atoms with Crippen LogP contribution >= 0.6 is 0 Å². The molecule has 2 fully saturated rings. The quantitative estimate of drug-likeness (QED) is 0.747. The number of hydrogen-bond acceptors (Lipinski definition) is 3. The van der Waals surface area contributed by atoms with E-state index in [0.717, 1.165) is 39.0 Å². The molecule has 2 atom stereocenters. The second kappa shape index (κ2) is 6.53. The molecule has 1 aliphatic carbocycles. The topological polar surface area (TPSA) is 55.6 Å². The minimum atomic E-state index is 0.122. The van der Waals surface area contributed by atoms with Gasteiger partial charge in [-0.1, -0.05) is 6.92 Å². The van der Waals surface area contributed by atoms with E-state index < -0.39 is 0 Å². The van der Waals surface area contributed by atoms with E-state index in [4.69, 9.17) is 10.5 Å². The molecule has 1 amide bonds. The summed E-state index contributed by atoms with van der Waals surface area (Å²) in [5.74, 6) is 1.01. The molecule has 0 aromatic carbocycles. The van der Waals surface area contributed by atoms with Gasteiger partial charge in [-0.05, 0) is 38.6 Å². The van der Waals surface area contributed by atoms with Gasteiger partial charge in [0, 0.05) is 31.0 Å². The summed E-state index contributed by atoms with van der Waals surface area (Å²) in [5, 5.41) is 0. The van der Waals surface area contributed by atoms with Crippen LogP contribution in [0.5, 0.6) is 0 Å². The van der Waals surface area contributed by atoms with Crippen molar-refractivity contribution in [3.63, 3.8) is 0 Å². The summed E-state index contributed by atoms with van der Waals surface area (Å²) in [4.78, 5) is 14.6. The molecule has 1 heterocycles. The normalized spacial score (nSPS) is 25.1. The summed E-state index contributed by atoms with van der Waals surface area (Å²) in [6, 6.07) is 0.512. The van der Waals surface area contributed by atoms with Crippen LogP contribution < -0.4 is 5.73 Å². The molecule has 1 aliphatic heterocycles. The maximum Gasteiger partial charge on any atom is 0.225 e. The van der Waals surface area contributed by atoms with E-state index in [1.165, 1.54) is 12.8 Å². The lowest BCUT2D eigenvalue weighted by atomic mass is 10.0. The Morgan fingerprint density at radius 1 is 1.44 bits per heavy atom. The maximum absolute atomic E-state index is 12.5. The van der Waals surface area contributed by atoms with Gasteiger partial charge in [0.1, 0.15) is 0 Å². The smallest absolute Gasteiger partial charge is 0.225 e. The van der Waals surface area contributed by atoms with Gasteiger partial charge in [0.15, 0.2) is 0 Å². The number of nitrogens with two attached hydrogens (primary N) is 1. The summed E-state index contributed by atoms with van der Waals surface area (Å²) < 4.78 is 5.41. The average molecular weight is 254 g/mol. The minimum Gasteiger partial charge on any atom is -0.381 e. The van der Waals surface area contributed by atoms with Gasteiger partial charge in [-0.25, -0.2) is 0 Å². The first-order valence-corrected chi connectivity index (χ1v) is 7.30. The summed E-state index contributed by atoms with van der Waals surface area (Å²) in [7, 11) is 0. The Labute approximate surface area is 110 Å². The summed E-state index contributed by atoms with van der Waals surface area (Å²) >= 11 is 0. The molecule has 1 saturated heterocycles. The Bertz CT molecular complexity index is 273. The molecule has 2 aliphatic rings. The van der Waals surface area contributed by atoms with Gasteiger partial charge in [-0.3, -0.25) is 4.79 Å². The molecule has 0 radical (unpaired) electrons. The monoisotopic (exact) mass is 254 g/mol. The lowest BCUT2D eigenvalue weighted by Gasteiger charge is -2.28. The molecule has 0 bridgehead atoms. The SMILES string of the molecule is CC(CCCN)C(=O)N(CC1CCOC1)C1CC1. The molecular formula is C14H26N2O2. The number of rotatable bonds is 7. The fourth-order valence-electron chi connectivity index (χ4n) is 2.64. The van der Waals surface area contributed by atoms with E-state index in [9.17, 15) is 4.79 Å². The van der Waals surface area contributed by atoms with Crippen molar-refractivity contribution in [1.82, 2.24) is 4.90 Å². The Balaban J connectivity index is 1.85. The van der Waals surface area contributed by atoms with Crippen molar-refractivity contribution in [2.24, 2.45) is 17.6 Å². The van der Waals surface area contributed by atoms with Crippen LogP contribution in [0.4, 0.5) is 0 Å². The molecule has 0 aromatic heterocycles. The van der Waals surface area contributed by atoms with E-state index in [1.54, 1.807) is 0 Å². The first-order valence-electron chi connectivity index (χ1n) is 7.30. The highest BCUT2D eigenvalue weighted by Crippen LogP contribution is 2.30. The molecule has 4 nitrogen and oxygen atoms in total. The molecule has 4 heteroatoms. The largest absolute Gasteiger partial charge is 0.381 e. The van der Waals surface area contributed by atoms with Crippen LogP contribution in [0.2, 0.25) is 0 Å². The van der Waals surface area contributed by atoms with E-state index in [1.807, 2.05) is 6.92 Å². The van der Waals surface area contributed by atoms with Crippen LogP contribution in [0.25, 0.3) is 0 Å². The highest BCUT2D eigenvalue weighted by molar-refractivity contribution is 5.79. The first-order chi connectivity index (χ1) is 8.72. The third-order valence-electron chi connectivity index (χ3n) is 4.01. The van der Waals surface area contributed by atoms with Crippen LogP contribution in [0, 0.1) is 11.8 Å². The molecule has 0 spiro atoms. The summed E-state index contributed by atoms with van der Waals surface area (Å²) in [6.07, 6.45) is 5.33. The molecule has 2 rings (SSSR count). The van der Waals surface area contributed by atoms with Crippen molar-refractivity contribution >= 4 is 5.91 Å². The van der Waals surface area contributed by atoms with Gasteiger partial charge in [0.25, 0.3) is 0 Å². The zero-order valence-electron chi connectivity index (χ0n) is 11.4. The van der Waals surface area contributed by atoms with Gasteiger partial charge in [-0.2, -0.15) is 0 Å². The van der Waals surface area contributed by atoms with Gasteiger partial charge in [0.05, 0.1) is 6.61 Å². The van der Waals surface area contributed by atoms with Crippen LogP contribution in [0.1, 0.15) is 39.0 Å². The molecule has 104 valence electrons. The number of nitrogens with zero attached hydrogens (tertiary/aromatic N) is 1. The summed E-state index contributed by atoms with van der Waals surface area (Å²) in [6.45, 7) is 5.31. The number of carbonyl (C=O) groups excluding carboxylic acids is 1. The highest BCUT2D eigenvalue weighted by Gasteiger charge is 2.36. The van der Waals surface area contributed by atoms with Crippen molar-refractivity contribution < 1.29 is 9.53 Å². The third-order valence-corrected chi connectivity index (χ3v) is 4.01. The van der Waals surface area contributed by atoms with Crippen molar-refractivity contribution in [3.8, 4) is 0 Å². The number of amides is 1. The standard InChI is InChI=1S/C14H26N2O2/c1-11(3-2-7-15)14(17)16(13-4-5-13)9-12-6-8-18-10-12/h11-13H,2-10,15H2,1H3. The van der Waals surface area contributed by atoms with E-state index in [2.05, 4.69) is 4.90 Å². The fraction of sp³-hybridized carbons (Fsp3) is 0.929. The lowest BCUT2D eigenvalue weighted by Crippen LogP contribution is -2.40. The van der Waals surface area contributed by atoms with E-state index in [0.29, 0.717) is 24.4 Å². The van der Waals surface area contributed by atoms with Gasteiger partial charge in [-0.15, -0.1) is 0 Å². The number of carbonyl (C=O) groups is 1. The predicted octanol–water partition coefficient (Wildman–Crippen LogP) is 1.39. The zero-order valence-corrected chi connectivity index (χ0v) is 11.4. The second-order valence-electron chi connectivity index (χ2n) is 5.78. The van der Waals surface area contributed by atoms with Crippen LogP contribution in [0.3, 0.4) is 0 Å². The van der Waals surface area contributed by atoms with Crippen molar-refractivity contribution in [2.45, 2.75) is 45.1 Å². The van der Waals surface area contributed by atoms with Crippen LogP contribution in [0.15, 0.2) is 0 Å². The van der Waals surface area contributed by atoms with Crippen molar-refractivity contribution in [3.05, 3.63) is 0 Å². The van der Waals surface area contributed by atoms with Gasteiger partial charge < -0.3 is 15.4 Å². The Morgan fingerprint density at radius 2 is 2.22 bits per heavy atom. The third kappa shape index (κ3) is 3.69. The molecule has 0 aromatic rings. The molecule has 18 heavy (non-hydrogen) atoms. The van der Waals surface area contributed by atoms with Crippen molar-refractivity contribution in [2.75, 3.05) is 26.3 Å². The maximum atomic E-state index is 12.5. The van der Waals surface area contributed by atoms with Gasteiger partial charge in [0.2, 0.25) is 5.91 Å². The molecule has 2 N–H and O–H groups in total. The second-order valence-corrected chi connectivity index (χ2v) is 5.78. The Morgan fingerprint density at radius 3 is 2.78 bits per heavy atom. The fourth-order valence-corrected chi connectivity index (χ4v) is 2.64. The van der Waals surface area contributed by atoms with Crippen LogP contribution in [-0.4, -0.2) is 43.2 Å². The van der Waals surface area contributed by atoms with E-state index in [-0.39, 0.29) is 5.92 Å². The summed E-state index contributed by atoms with van der Waals surface area (Å²) in [5.41, 5.74) is 5.52. The Kier molecular flexibility index (Phi) is 5.01. The zero-order chi connectivity index (χ0) is 13.0. The first kappa shape index (κ1) is 13.8. The van der Waals surface area contributed by atoms with Gasteiger partial charge >= 0.3 is 0 Å². The predicted molar refractivity (Wildman–Crippen MR) is 71.1 cm³/mol. The molecule has 2 unspecified atom stereocenters. The van der Waals surface area contributed by atoms with Crippen molar-refractivity contribution in [1.29, 1.82) is 0 Å². The molecule has 1 saturated carbocycles. The highest BCUT2D eigenvalue weighted by atomic mass is 16.5. The number of ether oxygens (including phenoxy) is 1. The molecular weight excluding hydrogens is 228 g/mol. The number of hydrogen-bond donors (Lipinski definition) is 1. The Hall–Kier alpha value is -0.610. The van der Waals surface area contributed by atoms with Crippen LogP contribution in [-0.2, 0) is 9.53 Å². The average Bonchev–Trinajstić information content (AvgIpc) is 3.09. The van der Waals surface area contributed by atoms with E-state index >= 15 is 0 Å².